The summed E-state index contributed by atoms with van der Waals surface area (Å²) in [5.74, 6) is 0.0119. The van der Waals surface area contributed by atoms with Gasteiger partial charge in [0.2, 0.25) is 6.79 Å². The van der Waals surface area contributed by atoms with Crippen LogP contribution in [0, 0.1) is 6.92 Å². The van der Waals surface area contributed by atoms with Crippen molar-refractivity contribution in [3.8, 4) is 11.5 Å². The minimum absolute atomic E-state index is 0.128. The Bertz CT molecular complexity index is 728. The van der Waals surface area contributed by atoms with Crippen LogP contribution in [0.3, 0.4) is 0 Å². The summed E-state index contributed by atoms with van der Waals surface area (Å²) in [5, 5.41) is 4.85. The van der Waals surface area contributed by atoms with E-state index in [0.29, 0.717) is 22.2 Å². The van der Waals surface area contributed by atoms with Gasteiger partial charge in [-0.1, -0.05) is 0 Å². The molecule has 2 aromatic rings. The highest BCUT2D eigenvalue weighted by atomic mass is 32.1. The number of carbonyl (C=O) groups is 2. The molecule has 0 atom stereocenters. The van der Waals surface area contributed by atoms with E-state index in [-0.39, 0.29) is 13.4 Å². The Morgan fingerprint density at radius 3 is 2.95 bits per heavy atom. The monoisotopic (exact) mass is 320 g/mol. The summed E-state index contributed by atoms with van der Waals surface area (Å²) >= 11 is 1.31. The van der Waals surface area contributed by atoms with Gasteiger partial charge in [0.25, 0.3) is 5.91 Å². The zero-order chi connectivity index (χ0) is 15.5. The fourth-order valence-electron chi connectivity index (χ4n) is 1.80. The molecule has 3 rings (SSSR count). The number of hydrogen-bond donors (Lipinski definition) is 1. The number of hydrogen-bond acceptors (Lipinski definition) is 7. The molecule has 0 saturated heterocycles. The molecule has 0 saturated carbocycles. The Morgan fingerprint density at radius 2 is 2.18 bits per heavy atom. The second-order valence-corrected chi connectivity index (χ2v) is 5.34. The quantitative estimate of drug-likeness (QED) is 0.867. The molecule has 1 aliphatic rings. The van der Waals surface area contributed by atoms with Crippen LogP contribution >= 0.6 is 11.3 Å². The number of anilines is 1. The molecule has 1 amide bonds. The highest BCUT2D eigenvalue weighted by molar-refractivity contribution is 7.13. The number of esters is 1. The molecule has 1 aromatic carbocycles. The van der Waals surface area contributed by atoms with Crippen LogP contribution in [-0.2, 0) is 9.53 Å². The van der Waals surface area contributed by atoms with E-state index >= 15 is 0 Å². The molecule has 1 aliphatic heterocycles. The van der Waals surface area contributed by atoms with Gasteiger partial charge in [-0.25, -0.2) is 9.78 Å². The number of nitrogens with zero attached hydrogens (tertiary/aromatic N) is 1. The van der Waals surface area contributed by atoms with Gasteiger partial charge in [-0.2, -0.15) is 0 Å². The molecule has 0 fully saturated rings. The topological polar surface area (TPSA) is 86.8 Å². The van der Waals surface area contributed by atoms with Crippen molar-refractivity contribution in [3.05, 3.63) is 34.8 Å². The van der Waals surface area contributed by atoms with Gasteiger partial charge in [-0.05, 0) is 25.1 Å². The number of carbonyl (C=O) groups excluding carboxylic acids is 2. The van der Waals surface area contributed by atoms with Crippen molar-refractivity contribution in [3.63, 3.8) is 0 Å². The highest BCUT2D eigenvalue weighted by Gasteiger charge is 2.17. The summed E-state index contributed by atoms with van der Waals surface area (Å²) in [6.45, 7) is 1.57. The van der Waals surface area contributed by atoms with Gasteiger partial charge in [0, 0.05) is 5.38 Å². The van der Waals surface area contributed by atoms with E-state index in [2.05, 4.69) is 10.3 Å². The lowest BCUT2D eigenvalue weighted by molar-refractivity contribution is -0.119. The highest BCUT2D eigenvalue weighted by Crippen LogP contribution is 2.32. The third kappa shape index (κ3) is 3.17. The van der Waals surface area contributed by atoms with Gasteiger partial charge in [0.15, 0.2) is 23.2 Å². The normalized spacial score (nSPS) is 12.0. The lowest BCUT2D eigenvalue weighted by Gasteiger charge is -2.05. The lowest BCUT2D eigenvalue weighted by Crippen LogP contribution is -2.20. The van der Waals surface area contributed by atoms with Gasteiger partial charge in [-0.15, -0.1) is 11.3 Å². The van der Waals surface area contributed by atoms with Gasteiger partial charge in [0.1, 0.15) is 0 Å². The van der Waals surface area contributed by atoms with E-state index in [4.69, 9.17) is 14.2 Å². The molecule has 0 spiro atoms. The van der Waals surface area contributed by atoms with Crippen LogP contribution in [0.15, 0.2) is 23.6 Å². The van der Waals surface area contributed by atoms with Crippen molar-refractivity contribution in [2.75, 3.05) is 18.7 Å². The number of ether oxygens (including phenoxy) is 3. The molecular weight excluding hydrogens is 308 g/mol. The molecular formula is C14H12N2O5S. The predicted octanol–water partition coefficient (Wildman–Crippen LogP) is 1.98. The largest absolute Gasteiger partial charge is 0.454 e. The van der Waals surface area contributed by atoms with E-state index < -0.39 is 11.9 Å². The smallest absolute Gasteiger partial charge is 0.338 e. The average molecular weight is 320 g/mol. The first-order chi connectivity index (χ1) is 10.6. The number of rotatable bonds is 4. The summed E-state index contributed by atoms with van der Waals surface area (Å²) in [6, 6.07) is 4.70. The van der Waals surface area contributed by atoms with Crippen LogP contribution in [0.1, 0.15) is 16.1 Å². The number of amides is 1. The van der Waals surface area contributed by atoms with Gasteiger partial charge < -0.3 is 14.2 Å². The van der Waals surface area contributed by atoms with Gasteiger partial charge >= 0.3 is 5.97 Å². The first-order valence-electron chi connectivity index (χ1n) is 6.40. The molecule has 7 nitrogen and oxygen atoms in total. The third-order valence-electron chi connectivity index (χ3n) is 2.81. The van der Waals surface area contributed by atoms with E-state index in [1.165, 1.54) is 17.4 Å². The molecule has 1 N–H and O–H groups in total. The first kappa shape index (κ1) is 14.3. The second kappa shape index (κ2) is 6.02. The number of nitrogens with one attached hydrogen (secondary N) is 1. The summed E-state index contributed by atoms with van der Waals surface area (Å²) in [6.07, 6.45) is 0. The molecule has 0 aliphatic carbocycles. The summed E-state index contributed by atoms with van der Waals surface area (Å²) in [4.78, 5) is 27.7. The fourth-order valence-corrected chi connectivity index (χ4v) is 2.51. The molecule has 0 radical (unpaired) electrons. The van der Waals surface area contributed by atoms with Crippen LogP contribution in [0.25, 0.3) is 0 Å². The number of thiazole rings is 1. The maximum absolute atomic E-state index is 11.9. The van der Waals surface area contributed by atoms with Crippen molar-refractivity contribution < 1.29 is 23.8 Å². The lowest BCUT2D eigenvalue weighted by atomic mass is 10.2. The minimum Gasteiger partial charge on any atom is -0.454 e. The maximum atomic E-state index is 11.9. The van der Waals surface area contributed by atoms with Gasteiger partial charge in [0.05, 0.1) is 11.3 Å². The van der Waals surface area contributed by atoms with Crippen molar-refractivity contribution >= 4 is 28.3 Å². The molecule has 0 unspecified atom stereocenters. The maximum Gasteiger partial charge on any atom is 0.338 e. The van der Waals surface area contributed by atoms with Crippen LogP contribution in [0.2, 0.25) is 0 Å². The zero-order valence-corrected chi connectivity index (χ0v) is 12.4. The average Bonchev–Trinajstić information content (AvgIpc) is 3.12. The van der Waals surface area contributed by atoms with Crippen molar-refractivity contribution in [1.29, 1.82) is 0 Å². The zero-order valence-electron chi connectivity index (χ0n) is 11.6. The number of aryl methyl sites for hydroxylation is 1. The Hall–Kier alpha value is -2.61. The summed E-state index contributed by atoms with van der Waals surface area (Å²) in [5.41, 5.74) is 1.11. The Morgan fingerprint density at radius 1 is 1.36 bits per heavy atom. The molecule has 0 bridgehead atoms. The van der Waals surface area contributed by atoms with Crippen LogP contribution in [0.4, 0.5) is 5.13 Å². The molecule has 2 heterocycles. The predicted molar refractivity (Wildman–Crippen MR) is 78.3 cm³/mol. The molecule has 1 aromatic heterocycles. The molecule has 8 heteroatoms. The second-order valence-electron chi connectivity index (χ2n) is 4.49. The van der Waals surface area contributed by atoms with Crippen LogP contribution in [-0.4, -0.2) is 30.3 Å². The first-order valence-corrected chi connectivity index (χ1v) is 7.28. The van der Waals surface area contributed by atoms with E-state index in [0.717, 1.165) is 5.69 Å². The molecule has 114 valence electrons. The van der Waals surface area contributed by atoms with Crippen molar-refractivity contribution in [2.45, 2.75) is 6.92 Å². The number of benzene rings is 1. The Kier molecular flexibility index (Phi) is 3.92. The summed E-state index contributed by atoms with van der Waals surface area (Å²) < 4.78 is 15.3. The number of fused-ring (bicyclic) bond motifs is 1. The number of aromatic nitrogens is 1. The third-order valence-corrected chi connectivity index (χ3v) is 3.68. The van der Waals surface area contributed by atoms with E-state index in [9.17, 15) is 9.59 Å². The van der Waals surface area contributed by atoms with Crippen LogP contribution < -0.4 is 14.8 Å². The van der Waals surface area contributed by atoms with Crippen molar-refractivity contribution in [1.82, 2.24) is 4.98 Å². The van der Waals surface area contributed by atoms with E-state index in [1.54, 1.807) is 12.1 Å². The van der Waals surface area contributed by atoms with Gasteiger partial charge in [-0.3, -0.25) is 10.1 Å². The Labute approximate surface area is 129 Å². The standard InChI is InChI=1S/C14H12N2O5S/c1-8-6-22-14(15-8)16-12(17)5-19-13(18)9-2-3-10-11(4-9)21-7-20-10/h2-4,6H,5,7H2,1H3,(H,15,16,17). The van der Waals surface area contributed by atoms with Crippen molar-refractivity contribution in [2.24, 2.45) is 0 Å². The Balaban J connectivity index is 1.54. The SMILES string of the molecule is Cc1csc(NC(=O)COC(=O)c2ccc3c(c2)OCO3)n1. The summed E-state index contributed by atoms with van der Waals surface area (Å²) in [7, 11) is 0. The fraction of sp³-hybridized carbons (Fsp3) is 0.214. The van der Waals surface area contributed by atoms with Crippen LogP contribution in [0.5, 0.6) is 11.5 Å². The molecule has 22 heavy (non-hydrogen) atoms. The van der Waals surface area contributed by atoms with E-state index in [1.807, 2.05) is 12.3 Å². The minimum atomic E-state index is -0.608.